The summed E-state index contributed by atoms with van der Waals surface area (Å²) in [6.45, 7) is 9.57. The molecule has 0 spiro atoms. The van der Waals surface area contributed by atoms with Crippen molar-refractivity contribution in [2.24, 2.45) is 0 Å². The second kappa shape index (κ2) is 11.6. The van der Waals surface area contributed by atoms with Gasteiger partial charge in [-0.3, -0.25) is 14.5 Å². The number of rotatable bonds is 11. The highest BCUT2D eigenvalue weighted by atomic mass is 32.1. The molecule has 0 saturated heterocycles. The molecule has 8 nitrogen and oxygen atoms in total. The number of hydrogen-bond donors (Lipinski definition) is 2. The Morgan fingerprint density at radius 1 is 1.15 bits per heavy atom. The van der Waals surface area contributed by atoms with Crippen molar-refractivity contribution in [2.45, 2.75) is 27.3 Å². The standard InChI is InChI=1S/C24H31N5O3S/c1-5-28(6-2)13-14-32-21-15-19(11-12-20(21)31-4)25-22(30)16-29-23(26-27-24(29)33)18-9-7-17(3)8-10-18/h7-12,15H,5-6,13-14,16H2,1-4H3,(H,25,30)(H,27,33). The molecule has 2 N–H and O–H groups in total. The SMILES string of the molecule is CCN(CC)CCOc1cc(NC(=O)Cn2c(-c3ccc(C)cc3)n[nH]c2=S)ccc1OC. The molecule has 0 radical (unpaired) electrons. The van der Waals surface area contributed by atoms with Crippen LogP contribution in [-0.4, -0.2) is 58.9 Å². The molecule has 0 unspecified atom stereocenters. The van der Waals surface area contributed by atoms with Gasteiger partial charge in [0.15, 0.2) is 22.1 Å². The van der Waals surface area contributed by atoms with Crippen LogP contribution in [0.5, 0.6) is 11.5 Å². The number of aryl methyl sites for hydroxylation is 1. The minimum atomic E-state index is -0.222. The van der Waals surface area contributed by atoms with Gasteiger partial charge in [-0.1, -0.05) is 43.7 Å². The average molecular weight is 470 g/mol. The summed E-state index contributed by atoms with van der Waals surface area (Å²) in [7, 11) is 1.60. The molecule has 0 bridgehead atoms. The van der Waals surface area contributed by atoms with Gasteiger partial charge in [0, 0.05) is 23.9 Å². The zero-order valence-electron chi connectivity index (χ0n) is 19.6. The van der Waals surface area contributed by atoms with Crippen LogP contribution in [0.4, 0.5) is 5.69 Å². The van der Waals surface area contributed by atoms with E-state index < -0.39 is 0 Å². The van der Waals surface area contributed by atoms with Crippen LogP contribution >= 0.6 is 12.2 Å². The number of nitrogens with one attached hydrogen (secondary N) is 2. The molecule has 0 atom stereocenters. The highest BCUT2D eigenvalue weighted by Gasteiger charge is 2.14. The van der Waals surface area contributed by atoms with Gasteiger partial charge >= 0.3 is 0 Å². The molecular formula is C24H31N5O3S. The molecule has 176 valence electrons. The first-order valence-corrected chi connectivity index (χ1v) is 11.4. The van der Waals surface area contributed by atoms with Crippen molar-refractivity contribution < 1.29 is 14.3 Å². The molecule has 3 aromatic rings. The number of nitrogens with zero attached hydrogens (tertiary/aromatic N) is 3. The Balaban J connectivity index is 1.70. The van der Waals surface area contributed by atoms with E-state index in [-0.39, 0.29) is 12.5 Å². The fourth-order valence-electron chi connectivity index (χ4n) is 3.42. The number of aromatic nitrogens is 3. The van der Waals surface area contributed by atoms with Crippen LogP contribution < -0.4 is 14.8 Å². The predicted molar refractivity (Wildman–Crippen MR) is 132 cm³/mol. The molecule has 0 aliphatic carbocycles. The van der Waals surface area contributed by atoms with Crippen molar-refractivity contribution in [2.75, 3.05) is 38.7 Å². The zero-order chi connectivity index (χ0) is 23.8. The number of H-pyrrole nitrogens is 1. The van der Waals surface area contributed by atoms with E-state index in [2.05, 4.69) is 34.3 Å². The molecule has 2 aromatic carbocycles. The van der Waals surface area contributed by atoms with Crippen molar-refractivity contribution in [3.05, 3.63) is 52.8 Å². The third-order valence-electron chi connectivity index (χ3n) is 5.38. The monoisotopic (exact) mass is 469 g/mol. The fraction of sp³-hybridized carbons (Fsp3) is 0.375. The van der Waals surface area contributed by atoms with Gasteiger partial charge in [0.25, 0.3) is 0 Å². The third-order valence-corrected chi connectivity index (χ3v) is 5.69. The maximum atomic E-state index is 12.8. The Labute approximate surface area is 199 Å². The first-order valence-electron chi connectivity index (χ1n) is 11.0. The van der Waals surface area contributed by atoms with Crippen LogP contribution in [0.2, 0.25) is 0 Å². The molecule has 0 fully saturated rings. The number of carbonyl (C=O) groups excluding carboxylic acids is 1. The third kappa shape index (κ3) is 6.43. The number of methoxy groups -OCH3 is 1. The van der Waals surface area contributed by atoms with E-state index >= 15 is 0 Å². The largest absolute Gasteiger partial charge is 0.493 e. The van der Waals surface area contributed by atoms with Gasteiger partial charge < -0.3 is 19.7 Å². The van der Waals surface area contributed by atoms with Gasteiger partial charge in [0.05, 0.1) is 7.11 Å². The summed E-state index contributed by atoms with van der Waals surface area (Å²) in [5, 5.41) is 10.00. The summed E-state index contributed by atoms with van der Waals surface area (Å²) in [5.74, 6) is 1.60. The minimum absolute atomic E-state index is 0.0305. The normalized spacial score (nSPS) is 10.9. The molecule has 0 saturated carbocycles. The number of amides is 1. The van der Waals surface area contributed by atoms with Crippen LogP contribution in [-0.2, 0) is 11.3 Å². The highest BCUT2D eigenvalue weighted by molar-refractivity contribution is 7.71. The van der Waals surface area contributed by atoms with Crippen molar-refractivity contribution in [1.29, 1.82) is 0 Å². The number of hydrogen-bond acceptors (Lipinski definition) is 6. The molecule has 3 rings (SSSR count). The Morgan fingerprint density at radius 2 is 1.88 bits per heavy atom. The quantitative estimate of drug-likeness (QED) is 0.408. The van der Waals surface area contributed by atoms with E-state index in [1.807, 2.05) is 31.2 Å². The Morgan fingerprint density at radius 3 is 2.55 bits per heavy atom. The Hall–Kier alpha value is -3.17. The van der Waals surface area contributed by atoms with E-state index in [4.69, 9.17) is 21.7 Å². The van der Waals surface area contributed by atoms with Crippen LogP contribution in [0.1, 0.15) is 19.4 Å². The molecule has 1 aromatic heterocycles. The van der Waals surface area contributed by atoms with Crippen LogP contribution in [0.25, 0.3) is 11.4 Å². The molecule has 0 aliphatic heterocycles. The highest BCUT2D eigenvalue weighted by Crippen LogP contribution is 2.30. The van der Waals surface area contributed by atoms with Crippen LogP contribution in [0.15, 0.2) is 42.5 Å². The van der Waals surface area contributed by atoms with Gasteiger partial charge in [-0.15, -0.1) is 0 Å². The lowest BCUT2D eigenvalue weighted by atomic mass is 10.1. The summed E-state index contributed by atoms with van der Waals surface area (Å²) in [4.78, 5) is 15.1. The maximum absolute atomic E-state index is 12.8. The van der Waals surface area contributed by atoms with Gasteiger partial charge in [-0.25, -0.2) is 0 Å². The summed E-state index contributed by atoms with van der Waals surface area (Å²) >= 11 is 5.35. The van der Waals surface area contributed by atoms with Crippen molar-refractivity contribution in [3.63, 3.8) is 0 Å². The average Bonchev–Trinajstić information content (AvgIpc) is 3.17. The van der Waals surface area contributed by atoms with Gasteiger partial charge in [0.1, 0.15) is 13.2 Å². The molecule has 1 heterocycles. The smallest absolute Gasteiger partial charge is 0.244 e. The summed E-state index contributed by atoms with van der Waals surface area (Å²) in [6.07, 6.45) is 0. The lowest BCUT2D eigenvalue weighted by molar-refractivity contribution is -0.116. The maximum Gasteiger partial charge on any atom is 0.244 e. The Kier molecular flexibility index (Phi) is 8.62. The summed E-state index contributed by atoms with van der Waals surface area (Å²) < 4.78 is 13.4. The molecule has 33 heavy (non-hydrogen) atoms. The second-order valence-corrected chi connectivity index (χ2v) is 7.98. The second-order valence-electron chi connectivity index (χ2n) is 7.59. The minimum Gasteiger partial charge on any atom is -0.493 e. The van der Waals surface area contributed by atoms with Crippen LogP contribution in [0, 0.1) is 11.7 Å². The number of likely N-dealkylation sites (N-methyl/N-ethyl adjacent to an activating group) is 1. The first kappa shape index (κ1) is 24.5. The summed E-state index contributed by atoms with van der Waals surface area (Å²) in [6, 6.07) is 13.2. The molecule has 0 aliphatic rings. The lowest BCUT2D eigenvalue weighted by Gasteiger charge is -2.19. The fourth-order valence-corrected chi connectivity index (χ4v) is 3.62. The molecular weight excluding hydrogens is 438 g/mol. The summed E-state index contributed by atoms with van der Waals surface area (Å²) in [5.41, 5.74) is 2.64. The topological polar surface area (TPSA) is 84.4 Å². The van der Waals surface area contributed by atoms with E-state index in [1.165, 1.54) is 0 Å². The van der Waals surface area contributed by atoms with Crippen molar-refractivity contribution in [1.82, 2.24) is 19.7 Å². The number of carbonyl (C=O) groups is 1. The lowest BCUT2D eigenvalue weighted by Crippen LogP contribution is -2.28. The predicted octanol–water partition coefficient (Wildman–Crippen LogP) is 4.28. The van der Waals surface area contributed by atoms with Crippen LogP contribution in [0.3, 0.4) is 0 Å². The number of aromatic amines is 1. The van der Waals surface area contributed by atoms with Crippen molar-refractivity contribution >= 4 is 23.8 Å². The van der Waals surface area contributed by atoms with E-state index in [9.17, 15) is 4.79 Å². The van der Waals surface area contributed by atoms with Gasteiger partial charge in [-0.05, 0) is 44.4 Å². The zero-order valence-corrected chi connectivity index (χ0v) is 20.4. The van der Waals surface area contributed by atoms with Gasteiger partial charge in [-0.2, -0.15) is 5.10 Å². The van der Waals surface area contributed by atoms with Crippen molar-refractivity contribution in [3.8, 4) is 22.9 Å². The van der Waals surface area contributed by atoms with E-state index in [0.29, 0.717) is 34.4 Å². The van der Waals surface area contributed by atoms with E-state index in [0.717, 1.165) is 30.8 Å². The van der Waals surface area contributed by atoms with Gasteiger partial charge in [0.2, 0.25) is 5.91 Å². The Bertz CT molecular complexity index is 1120. The number of benzene rings is 2. The van der Waals surface area contributed by atoms with E-state index in [1.54, 1.807) is 29.9 Å². The molecule has 1 amide bonds. The molecule has 9 heteroatoms. The first-order chi connectivity index (χ1) is 15.9. The number of ether oxygens (including phenoxy) is 2. The number of anilines is 1.